The maximum absolute atomic E-state index is 12.0. The first-order valence-electron chi connectivity index (χ1n) is 7.48. The predicted molar refractivity (Wildman–Crippen MR) is 81.6 cm³/mol. The third-order valence-electron chi connectivity index (χ3n) is 3.69. The molecule has 19 heavy (non-hydrogen) atoms. The summed E-state index contributed by atoms with van der Waals surface area (Å²) in [6.45, 7) is 9.96. The Bertz CT molecular complexity index is 361. The van der Waals surface area contributed by atoms with Crippen molar-refractivity contribution in [1.82, 2.24) is 4.90 Å². The Kier molecular flexibility index (Phi) is 7.42. The van der Waals surface area contributed by atoms with Crippen LogP contribution in [0.3, 0.4) is 0 Å². The molecule has 1 aromatic rings. The van der Waals surface area contributed by atoms with E-state index >= 15 is 0 Å². The molecule has 0 aliphatic rings. The van der Waals surface area contributed by atoms with Gasteiger partial charge >= 0.3 is 0 Å². The summed E-state index contributed by atoms with van der Waals surface area (Å²) >= 11 is 0. The summed E-state index contributed by atoms with van der Waals surface area (Å²) in [5.41, 5.74) is 0.840. The summed E-state index contributed by atoms with van der Waals surface area (Å²) in [4.78, 5) is 14.4. The van der Waals surface area contributed by atoms with Crippen molar-refractivity contribution >= 4 is 5.78 Å². The van der Waals surface area contributed by atoms with E-state index in [0.29, 0.717) is 6.42 Å². The molecule has 1 rings (SSSR count). The van der Waals surface area contributed by atoms with Gasteiger partial charge in [0.05, 0.1) is 0 Å². The number of hydrogen-bond donors (Lipinski definition) is 0. The molecule has 0 spiro atoms. The van der Waals surface area contributed by atoms with Crippen LogP contribution >= 0.6 is 0 Å². The quantitative estimate of drug-likeness (QED) is 0.626. The number of Topliss-reactive ketones (excluding diaryl/α,β-unsaturated/α-hetero) is 1. The van der Waals surface area contributed by atoms with E-state index in [0.717, 1.165) is 37.5 Å². The number of carbonyl (C=O) groups is 1. The van der Waals surface area contributed by atoms with E-state index in [4.69, 9.17) is 0 Å². The first-order chi connectivity index (χ1) is 9.17. The van der Waals surface area contributed by atoms with Crippen LogP contribution in [0.25, 0.3) is 0 Å². The van der Waals surface area contributed by atoms with Gasteiger partial charge < -0.3 is 4.90 Å². The molecule has 0 aromatic heterocycles. The van der Waals surface area contributed by atoms with Crippen LogP contribution in [0, 0.1) is 5.92 Å². The molecular formula is C17H27NO. The maximum atomic E-state index is 12.0. The molecule has 0 radical (unpaired) electrons. The van der Waals surface area contributed by atoms with E-state index in [1.165, 1.54) is 6.42 Å². The predicted octanol–water partition coefficient (Wildman–Crippen LogP) is 4.02. The van der Waals surface area contributed by atoms with Gasteiger partial charge in [-0.05, 0) is 25.4 Å². The van der Waals surface area contributed by atoms with Crippen LogP contribution in [-0.4, -0.2) is 30.3 Å². The lowest BCUT2D eigenvalue weighted by Gasteiger charge is -2.23. The molecule has 0 aliphatic carbocycles. The summed E-state index contributed by atoms with van der Waals surface area (Å²) in [7, 11) is 0. The highest BCUT2D eigenvalue weighted by Gasteiger charge is 2.09. The molecule has 0 heterocycles. The Hall–Kier alpha value is -1.15. The number of nitrogens with zero attached hydrogens (tertiary/aromatic N) is 1. The van der Waals surface area contributed by atoms with E-state index in [9.17, 15) is 4.79 Å². The molecule has 0 saturated carbocycles. The summed E-state index contributed by atoms with van der Waals surface area (Å²) in [5, 5.41) is 0. The molecule has 0 fully saturated rings. The normalized spacial score (nSPS) is 12.6. The van der Waals surface area contributed by atoms with E-state index in [-0.39, 0.29) is 5.78 Å². The fourth-order valence-corrected chi connectivity index (χ4v) is 2.18. The van der Waals surface area contributed by atoms with Crippen molar-refractivity contribution in [3.05, 3.63) is 35.9 Å². The highest BCUT2D eigenvalue weighted by atomic mass is 16.1. The lowest BCUT2D eigenvalue weighted by atomic mass is 10.1. The lowest BCUT2D eigenvalue weighted by molar-refractivity contribution is 0.0974. The second kappa shape index (κ2) is 8.87. The van der Waals surface area contributed by atoms with Crippen molar-refractivity contribution in [1.29, 1.82) is 0 Å². The first-order valence-corrected chi connectivity index (χ1v) is 7.48. The van der Waals surface area contributed by atoms with Gasteiger partial charge in [0.1, 0.15) is 0 Å². The smallest absolute Gasteiger partial charge is 0.162 e. The number of benzene rings is 1. The highest BCUT2D eigenvalue weighted by molar-refractivity contribution is 5.95. The SMILES string of the molecule is CCC(C)CN(CC)CCCC(=O)c1ccccc1. The molecule has 0 bridgehead atoms. The van der Waals surface area contributed by atoms with Crippen molar-refractivity contribution in [2.75, 3.05) is 19.6 Å². The number of hydrogen-bond acceptors (Lipinski definition) is 2. The highest BCUT2D eigenvalue weighted by Crippen LogP contribution is 2.08. The third-order valence-corrected chi connectivity index (χ3v) is 3.69. The summed E-state index contributed by atoms with van der Waals surface area (Å²) in [6, 6.07) is 9.60. The Balaban J connectivity index is 2.30. The summed E-state index contributed by atoms with van der Waals surface area (Å²) in [6.07, 6.45) is 2.83. The van der Waals surface area contributed by atoms with E-state index in [1.54, 1.807) is 0 Å². The molecule has 1 atom stereocenters. The number of ketones is 1. The molecule has 106 valence electrons. The molecule has 0 saturated heterocycles. The van der Waals surface area contributed by atoms with E-state index < -0.39 is 0 Å². The Labute approximate surface area is 117 Å². The van der Waals surface area contributed by atoms with Crippen molar-refractivity contribution in [2.45, 2.75) is 40.0 Å². The van der Waals surface area contributed by atoms with Crippen LogP contribution in [0.1, 0.15) is 50.4 Å². The zero-order chi connectivity index (χ0) is 14.1. The molecule has 1 unspecified atom stereocenters. The van der Waals surface area contributed by atoms with Gasteiger partial charge in [0.2, 0.25) is 0 Å². The summed E-state index contributed by atoms with van der Waals surface area (Å²) in [5.74, 6) is 1.00. The molecule has 2 heteroatoms. The van der Waals surface area contributed by atoms with Crippen LogP contribution < -0.4 is 0 Å². The Morgan fingerprint density at radius 2 is 1.89 bits per heavy atom. The van der Waals surface area contributed by atoms with Crippen LogP contribution in [0.5, 0.6) is 0 Å². The topological polar surface area (TPSA) is 20.3 Å². The lowest BCUT2D eigenvalue weighted by Crippen LogP contribution is -2.29. The minimum atomic E-state index is 0.264. The average molecular weight is 261 g/mol. The Morgan fingerprint density at radius 1 is 1.21 bits per heavy atom. The third kappa shape index (κ3) is 6.02. The second-order valence-corrected chi connectivity index (χ2v) is 5.30. The molecule has 1 aromatic carbocycles. The van der Waals surface area contributed by atoms with Gasteiger partial charge in [0.15, 0.2) is 5.78 Å². The van der Waals surface area contributed by atoms with Crippen LogP contribution in [0.4, 0.5) is 0 Å². The minimum Gasteiger partial charge on any atom is -0.303 e. The zero-order valence-electron chi connectivity index (χ0n) is 12.6. The Morgan fingerprint density at radius 3 is 2.47 bits per heavy atom. The van der Waals surface area contributed by atoms with Crippen molar-refractivity contribution in [2.24, 2.45) is 5.92 Å². The molecule has 0 N–H and O–H groups in total. The monoisotopic (exact) mass is 261 g/mol. The van der Waals surface area contributed by atoms with Crippen molar-refractivity contribution < 1.29 is 4.79 Å². The van der Waals surface area contributed by atoms with Crippen molar-refractivity contribution in [3.63, 3.8) is 0 Å². The molecule has 0 aliphatic heterocycles. The summed E-state index contributed by atoms with van der Waals surface area (Å²) < 4.78 is 0. The van der Waals surface area contributed by atoms with Gasteiger partial charge in [-0.25, -0.2) is 0 Å². The average Bonchev–Trinajstić information content (AvgIpc) is 2.46. The van der Waals surface area contributed by atoms with Crippen molar-refractivity contribution in [3.8, 4) is 0 Å². The van der Waals surface area contributed by atoms with Gasteiger partial charge in [-0.3, -0.25) is 4.79 Å². The van der Waals surface area contributed by atoms with E-state index in [2.05, 4.69) is 25.7 Å². The zero-order valence-corrected chi connectivity index (χ0v) is 12.6. The van der Waals surface area contributed by atoms with Gasteiger partial charge in [0.25, 0.3) is 0 Å². The maximum Gasteiger partial charge on any atom is 0.162 e. The second-order valence-electron chi connectivity index (χ2n) is 5.30. The van der Waals surface area contributed by atoms with Gasteiger partial charge in [-0.15, -0.1) is 0 Å². The number of rotatable bonds is 9. The fraction of sp³-hybridized carbons (Fsp3) is 0.588. The molecule has 2 nitrogen and oxygen atoms in total. The largest absolute Gasteiger partial charge is 0.303 e. The van der Waals surface area contributed by atoms with Gasteiger partial charge in [-0.2, -0.15) is 0 Å². The van der Waals surface area contributed by atoms with Gasteiger partial charge in [-0.1, -0.05) is 57.5 Å². The first kappa shape index (κ1) is 15.9. The molecule has 0 amide bonds. The minimum absolute atomic E-state index is 0.264. The number of carbonyl (C=O) groups excluding carboxylic acids is 1. The molecular weight excluding hydrogens is 234 g/mol. The van der Waals surface area contributed by atoms with E-state index in [1.807, 2.05) is 30.3 Å². The van der Waals surface area contributed by atoms with Crippen LogP contribution in [0.15, 0.2) is 30.3 Å². The van der Waals surface area contributed by atoms with Crippen LogP contribution in [0.2, 0.25) is 0 Å². The van der Waals surface area contributed by atoms with Gasteiger partial charge in [0, 0.05) is 18.5 Å². The standard InChI is InChI=1S/C17H27NO/c1-4-15(3)14-18(5-2)13-9-12-17(19)16-10-7-6-8-11-16/h6-8,10-11,15H,4-5,9,12-14H2,1-3H3. The fourth-order valence-electron chi connectivity index (χ4n) is 2.18. The van der Waals surface area contributed by atoms with Crippen LogP contribution in [-0.2, 0) is 0 Å².